The molecule has 19 heavy (non-hydrogen) atoms. The number of carbonyl (C=O) groups excluding carboxylic acids is 2. The summed E-state index contributed by atoms with van der Waals surface area (Å²) >= 11 is 0. The number of carbonyl (C=O) groups is 2. The Bertz CT molecular complexity index is 482. The maximum Gasteiger partial charge on any atom is 0.247 e. The molecule has 0 spiro atoms. The van der Waals surface area contributed by atoms with E-state index in [-0.39, 0.29) is 18.4 Å². The number of piperazine rings is 1. The maximum atomic E-state index is 12.1. The first-order valence-corrected chi connectivity index (χ1v) is 6.88. The highest BCUT2D eigenvalue weighted by atomic mass is 16.2. The second-order valence-electron chi connectivity index (χ2n) is 5.37. The van der Waals surface area contributed by atoms with Crippen LogP contribution in [0.2, 0.25) is 0 Å². The molecule has 1 aliphatic carbocycles. The van der Waals surface area contributed by atoms with Gasteiger partial charge in [-0.15, -0.1) is 0 Å². The van der Waals surface area contributed by atoms with Crippen LogP contribution in [0.4, 0.5) is 0 Å². The lowest BCUT2D eigenvalue weighted by Gasteiger charge is -2.39. The zero-order chi connectivity index (χ0) is 13.2. The van der Waals surface area contributed by atoms with Gasteiger partial charge in [0.1, 0.15) is 6.04 Å². The molecule has 1 aromatic carbocycles. The van der Waals surface area contributed by atoms with Crippen LogP contribution in [0.1, 0.15) is 30.9 Å². The molecule has 1 N–H and O–H groups in total. The van der Waals surface area contributed by atoms with Gasteiger partial charge >= 0.3 is 0 Å². The summed E-state index contributed by atoms with van der Waals surface area (Å²) in [5.74, 6) is 0.534. The summed E-state index contributed by atoms with van der Waals surface area (Å²) in [5, 5.41) is 2.69. The molecule has 100 valence electrons. The summed E-state index contributed by atoms with van der Waals surface area (Å²) in [6, 6.07) is 9.10. The molecule has 2 aliphatic rings. The van der Waals surface area contributed by atoms with E-state index in [9.17, 15) is 9.59 Å². The molecule has 3 rings (SSSR count). The van der Waals surface area contributed by atoms with Gasteiger partial charge < -0.3 is 10.2 Å². The van der Waals surface area contributed by atoms with Crippen molar-refractivity contribution in [2.45, 2.75) is 25.3 Å². The number of nitrogens with zero attached hydrogens (tertiary/aromatic N) is 1. The monoisotopic (exact) mass is 258 g/mol. The van der Waals surface area contributed by atoms with Crippen molar-refractivity contribution in [2.24, 2.45) is 5.92 Å². The second kappa shape index (κ2) is 5.03. The Morgan fingerprint density at radius 1 is 1.16 bits per heavy atom. The molecular formula is C15H18N2O2. The maximum absolute atomic E-state index is 12.1. The second-order valence-corrected chi connectivity index (χ2v) is 5.37. The van der Waals surface area contributed by atoms with E-state index in [0.717, 1.165) is 5.56 Å². The van der Waals surface area contributed by atoms with Crippen LogP contribution in [-0.4, -0.2) is 29.8 Å². The first-order valence-electron chi connectivity index (χ1n) is 6.88. The molecule has 1 aromatic rings. The Labute approximate surface area is 112 Å². The SMILES string of the molecule is O=C1NCC(=O)N(CC2CCC2)C1c1ccccc1. The van der Waals surface area contributed by atoms with Gasteiger partial charge in [-0.2, -0.15) is 0 Å². The van der Waals surface area contributed by atoms with Crippen molar-refractivity contribution < 1.29 is 9.59 Å². The van der Waals surface area contributed by atoms with Gasteiger partial charge in [-0.1, -0.05) is 36.8 Å². The van der Waals surface area contributed by atoms with Crippen molar-refractivity contribution in [3.05, 3.63) is 35.9 Å². The van der Waals surface area contributed by atoms with Crippen LogP contribution >= 0.6 is 0 Å². The van der Waals surface area contributed by atoms with Crippen molar-refractivity contribution in [2.75, 3.05) is 13.1 Å². The molecule has 0 radical (unpaired) electrons. The first-order chi connectivity index (χ1) is 9.25. The minimum Gasteiger partial charge on any atom is -0.345 e. The standard InChI is InChI=1S/C15H18N2O2/c18-13-9-16-15(19)14(12-7-2-1-3-8-12)17(13)10-11-5-4-6-11/h1-3,7-8,11,14H,4-6,9-10H2,(H,16,19). The number of rotatable bonds is 3. The van der Waals surface area contributed by atoms with E-state index in [1.54, 1.807) is 4.90 Å². The molecule has 2 amide bonds. The van der Waals surface area contributed by atoms with Crippen molar-refractivity contribution in [3.8, 4) is 0 Å². The Balaban J connectivity index is 1.86. The van der Waals surface area contributed by atoms with E-state index < -0.39 is 6.04 Å². The molecule has 1 atom stereocenters. The van der Waals surface area contributed by atoms with E-state index in [4.69, 9.17) is 0 Å². The number of amides is 2. The third kappa shape index (κ3) is 2.35. The van der Waals surface area contributed by atoms with E-state index in [0.29, 0.717) is 12.5 Å². The molecule has 0 bridgehead atoms. The van der Waals surface area contributed by atoms with E-state index in [1.165, 1.54) is 19.3 Å². The predicted octanol–water partition coefficient (Wildman–Crippen LogP) is 1.49. The molecule has 1 unspecified atom stereocenters. The molecule has 1 saturated carbocycles. The molecule has 0 aromatic heterocycles. The highest BCUT2D eigenvalue weighted by molar-refractivity contribution is 5.95. The Morgan fingerprint density at radius 2 is 1.89 bits per heavy atom. The van der Waals surface area contributed by atoms with Crippen LogP contribution in [0.25, 0.3) is 0 Å². The predicted molar refractivity (Wildman–Crippen MR) is 71.2 cm³/mol. The zero-order valence-corrected chi connectivity index (χ0v) is 10.8. The summed E-state index contributed by atoms with van der Waals surface area (Å²) in [6.45, 7) is 0.848. The van der Waals surface area contributed by atoms with Gasteiger partial charge in [0, 0.05) is 6.54 Å². The first kappa shape index (κ1) is 12.2. The van der Waals surface area contributed by atoms with Gasteiger partial charge in [0.05, 0.1) is 6.54 Å². The molecule has 2 fully saturated rings. The number of nitrogens with one attached hydrogen (secondary N) is 1. The lowest BCUT2D eigenvalue weighted by Crippen LogP contribution is -2.55. The molecule has 4 nitrogen and oxygen atoms in total. The molecule has 4 heteroatoms. The highest BCUT2D eigenvalue weighted by Crippen LogP contribution is 2.31. The molecule has 1 saturated heterocycles. The van der Waals surface area contributed by atoms with Crippen molar-refractivity contribution in [3.63, 3.8) is 0 Å². The summed E-state index contributed by atoms with van der Waals surface area (Å²) < 4.78 is 0. The smallest absolute Gasteiger partial charge is 0.247 e. The van der Waals surface area contributed by atoms with E-state index >= 15 is 0 Å². The average molecular weight is 258 g/mol. The van der Waals surface area contributed by atoms with Crippen LogP contribution < -0.4 is 5.32 Å². The average Bonchev–Trinajstić information content (AvgIpc) is 2.38. The van der Waals surface area contributed by atoms with Crippen molar-refractivity contribution in [1.82, 2.24) is 10.2 Å². The van der Waals surface area contributed by atoms with Crippen molar-refractivity contribution in [1.29, 1.82) is 0 Å². The Morgan fingerprint density at radius 3 is 2.53 bits per heavy atom. The lowest BCUT2D eigenvalue weighted by atomic mass is 9.84. The fourth-order valence-corrected chi connectivity index (χ4v) is 2.77. The van der Waals surface area contributed by atoms with Crippen LogP contribution in [0, 0.1) is 5.92 Å². The molecular weight excluding hydrogens is 240 g/mol. The highest BCUT2D eigenvalue weighted by Gasteiger charge is 2.37. The van der Waals surface area contributed by atoms with Crippen LogP contribution in [-0.2, 0) is 9.59 Å². The summed E-state index contributed by atoms with van der Waals surface area (Å²) in [4.78, 5) is 26.0. The number of hydrogen-bond acceptors (Lipinski definition) is 2. The number of hydrogen-bond donors (Lipinski definition) is 1. The van der Waals surface area contributed by atoms with Gasteiger partial charge in [0.2, 0.25) is 11.8 Å². The normalized spacial score (nSPS) is 24.0. The van der Waals surface area contributed by atoms with Crippen molar-refractivity contribution >= 4 is 11.8 Å². The minimum atomic E-state index is -0.456. The fourth-order valence-electron chi connectivity index (χ4n) is 2.77. The third-order valence-corrected chi connectivity index (χ3v) is 4.09. The van der Waals surface area contributed by atoms with Gasteiger partial charge in [-0.3, -0.25) is 9.59 Å². The van der Waals surface area contributed by atoms with E-state index in [2.05, 4.69) is 5.32 Å². The number of benzene rings is 1. The summed E-state index contributed by atoms with van der Waals surface area (Å²) in [5.41, 5.74) is 0.896. The van der Waals surface area contributed by atoms with Crippen LogP contribution in [0.3, 0.4) is 0 Å². The fraction of sp³-hybridized carbons (Fsp3) is 0.467. The molecule has 1 heterocycles. The molecule has 1 aliphatic heterocycles. The van der Waals surface area contributed by atoms with Gasteiger partial charge in [0.25, 0.3) is 0 Å². The minimum absolute atomic E-state index is 0.0281. The zero-order valence-electron chi connectivity index (χ0n) is 10.8. The third-order valence-electron chi connectivity index (χ3n) is 4.09. The van der Waals surface area contributed by atoms with Gasteiger partial charge in [0.15, 0.2) is 0 Å². The Hall–Kier alpha value is -1.84. The van der Waals surface area contributed by atoms with E-state index in [1.807, 2.05) is 30.3 Å². The van der Waals surface area contributed by atoms with Crippen LogP contribution in [0.5, 0.6) is 0 Å². The largest absolute Gasteiger partial charge is 0.345 e. The van der Waals surface area contributed by atoms with Crippen LogP contribution in [0.15, 0.2) is 30.3 Å². The lowest BCUT2D eigenvalue weighted by molar-refractivity contribution is -0.147. The summed E-state index contributed by atoms with van der Waals surface area (Å²) in [6.07, 6.45) is 3.59. The van der Waals surface area contributed by atoms with Gasteiger partial charge in [-0.25, -0.2) is 0 Å². The quantitative estimate of drug-likeness (QED) is 0.893. The van der Waals surface area contributed by atoms with Gasteiger partial charge in [-0.05, 0) is 24.3 Å². The Kier molecular flexibility index (Phi) is 3.23. The topological polar surface area (TPSA) is 49.4 Å². The summed E-state index contributed by atoms with van der Waals surface area (Å²) in [7, 11) is 0.